The number of ether oxygens (including phenoxy) is 1. The molecule has 0 saturated heterocycles. The summed E-state index contributed by atoms with van der Waals surface area (Å²) in [4.78, 5) is 8.07. The number of hydrogen-bond donors (Lipinski definition) is 1. The van der Waals surface area contributed by atoms with Gasteiger partial charge in [-0.3, -0.25) is 4.90 Å². The number of nitrogens with zero attached hydrogens (tertiary/aromatic N) is 2. The molecule has 5 heteroatoms. The third kappa shape index (κ3) is 4.03. The molecule has 2 heterocycles. The summed E-state index contributed by atoms with van der Waals surface area (Å²) in [5, 5.41) is 2.11. The summed E-state index contributed by atoms with van der Waals surface area (Å²) in [6.07, 6.45) is 1.86. The molecule has 0 aliphatic carbocycles. The summed E-state index contributed by atoms with van der Waals surface area (Å²) in [6, 6.07) is 8.76. The SMILES string of the molecule is COc1ccc(C(CN)N(Cc2cccs2)C(C)C)cn1. The first-order valence-electron chi connectivity index (χ1n) is 7.13. The number of nitrogens with two attached hydrogens (primary N) is 1. The number of thiophene rings is 1. The molecular formula is C16H23N3OS. The van der Waals surface area contributed by atoms with E-state index in [4.69, 9.17) is 10.5 Å². The van der Waals surface area contributed by atoms with Gasteiger partial charge in [-0.2, -0.15) is 0 Å². The molecule has 2 aromatic heterocycles. The lowest BCUT2D eigenvalue weighted by Crippen LogP contribution is -2.38. The normalized spacial score (nSPS) is 12.9. The molecule has 0 spiro atoms. The van der Waals surface area contributed by atoms with Gasteiger partial charge in [0.05, 0.1) is 7.11 Å². The van der Waals surface area contributed by atoms with Crippen LogP contribution in [0.15, 0.2) is 35.8 Å². The molecule has 0 bridgehead atoms. The largest absolute Gasteiger partial charge is 0.481 e. The predicted molar refractivity (Wildman–Crippen MR) is 87.6 cm³/mol. The van der Waals surface area contributed by atoms with Crippen molar-refractivity contribution in [2.45, 2.75) is 32.5 Å². The molecule has 1 atom stereocenters. The zero-order valence-corrected chi connectivity index (χ0v) is 13.6. The first-order chi connectivity index (χ1) is 10.2. The van der Waals surface area contributed by atoms with Crippen LogP contribution in [0, 0.1) is 0 Å². The van der Waals surface area contributed by atoms with E-state index in [2.05, 4.69) is 41.2 Å². The van der Waals surface area contributed by atoms with Gasteiger partial charge in [0.25, 0.3) is 0 Å². The number of aromatic nitrogens is 1. The third-order valence-electron chi connectivity index (χ3n) is 3.56. The summed E-state index contributed by atoms with van der Waals surface area (Å²) in [5.74, 6) is 0.629. The Bertz CT molecular complexity index is 525. The Labute approximate surface area is 130 Å². The smallest absolute Gasteiger partial charge is 0.212 e. The second kappa shape index (κ2) is 7.54. The van der Waals surface area contributed by atoms with Crippen molar-refractivity contribution in [1.82, 2.24) is 9.88 Å². The topological polar surface area (TPSA) is 51.4 Å². The van der Waals surface area contributed by atoms with Crippen LogP contribution < -0.4 is 10.5 Å². The highest BCUT2D eigenvalue weighted by Crippen LogP contribution is 2.26. The lowest BCUT2D eigenvalue weighted by molar-refractivity contribution is 0.149. The lowest BCUT2D eigenvalue weighted by Gasteiger charge is -2.34. The Hall–Kier alpha value is -1.43. The maximum absolute atomic E-state index is 6.05. The molecule has 2 N–H and O–H groups in total. The van der Waals surface area contributed by atoms with E-state index in [9.17, 15) is 0 Å². The van der Waals surface area contributed by atoms with Crippen molar-refractivity contribution < 1.29 is 4.74 Å². The predicted octanol–water partition coefficient (Wildman–Crippen LogP) is 3.06. The van der Waals surface area contributed by atoms with Crippen LogP contribution in [0.2, 0.25) is 0 Å². The van der Waals surface area contributed by atoms with E-state index in [0.717, 1.165) is 12.1 Å². The van der Waals surface area contributed by atoms with Crippen molar-refractivity contribution in [3.8, 4) is 5.88 Å². The van der Waals surface area contributed by atoms with Crippen molar-refractivity contribution >= 4 is 11.3 Å². The van der Waals surface area contributed by atoms with Gasteiger partial charge in [0.2, 0.25) is 5.88 Å². The van der Waals surface area contributed by atoms with Gasteiger partial charge in [0.15, 0.2) is 0 Å². The zero-order chi connectivity index (χ0) is 15.2. The van der Waals surface area contributed by atoms with Gasteiger partial charge >= 0.3 is 0 Å². The standard InChI is InChI=1S/C16H23N3OS/c1-12(2)19(11-14-5-4-8-21-14)15(9-17)13-6-7-16(20-3)18-10-13/h4-8,10,12,15H,9,11,17H2,1-3H3. The highest BCUT2D eigenvalue weighted by molar-refractivity contribution is 7.09. The Balaban J connectivity index is 2.21. The van der Waals surface area contributed by atoms with Crippen molar-refractivity contribution in [2.75, 3.05) is 13.7 Å². The molecular weight excluding hydrogens is 282 g/mol. The minimum atomic E-state index is 0.158. The van der Waals surface area contributed by atoms with Crippen LogP contribution in [-0.2, 0) is 6.54 Å². The van der Waals surface area contributed by atoms with Gasteiger partial charge in [-0.25, -0.2) is 4.98 Å². The molecule has 0 aliphatic rings. The van der Waals surface area contributed by atoms with Crippen LogP contribution in [0.4, 0.5) is 0 Å². The van der Waals surface area contributed by atoms with Crippen molar-refractivity contribution in [2.24, 2.45) is 5.73 Å². The third-order valence-corrected chi connectivity index (χ3v) is 4.42. The maximum atomic E-state index is 6.05. The average molecular weight is 305 g/mol. The molecule has 0 aliphatic heterocycles. The Kier molecular flexibility index (Phi) is 5.73. The van der Waals surface area contributed by atoms with E-state index in [1.807, 2.05) is 18.3 Å². The van der Waals surface area contributed by atoms with Crippen molar-refractivity contribution in [3.63, 3.8) is 0 Å². The maximum Gasteiger partial charge on any atom is 0.212 e. The molecule has 2 aromatic rings. The molecule has 114 valence electrons. The second-order valence-electron chi connectivity index (χ2n) is 5.23. The van der Waals surface area contributed by atoms with Gasteiger partial charge in [-0.05, 0) is 30.9 Å². The molecule has 0 saturated carbocycles. The fourth-order valence-corrected chi connectivity index (χ4v) is 3.12. The lowest BCUT2D eigenvalue weighted by atomic mass is 10.1. The summed E-state index contributed by atoms with van der Waals surface area (Å²) >= 11 is 1.78. The van der Waals surface area contributed by atoms with Gasteiger partial charge in [-0.15, -0.1) is 11.3 Å². The van der Waals surface area contributed by atoms with Gasteiger partial charge < -0.3 is 10.5 Å². The molecule has 0 aromatic carbocycles. The van der Waals surface area contributed by atoms with Crippen LogP contribution in [0.3, 0.4) is 0 Å². The van der Waals surface area contributed by atoms with E-state index < -0.39 is 0 Å². The van der Waals surface area contributed by atoms with Crippen LogP contribution in [0.5, 0.6) is 5.88 Å². The fourth-order valence-electron chi connectivity index (χ4n) is 2.41. The molecule has 0 fully saturated rings. The summed E-state index contributed by atoms with van der Waals surface area (Å²) in [7, 11) is 1.62. The molecule has 21 heavy (non-hydrogen) atoms. The van der Waals surface area contributed by atoms with Crippen molar-refractivity contribution in [1.29, 1.82) is 0 Å². The summed E-state index contributed by atoms with van der Waals surface area (Å²) in [5.41, 5.74) is 7.17. The first kappa shape index (κ1) is 15.9. The highest BCUT2D eigenvalue weighted by Gasteiger charge is 2.22. The molecule has 1 unspecified atom stereocenters. The number of methoxy groups -OCH3 is 1. The minimum absolute atomic E-state index is 0.158. The fraction of sp³-hybridized carbons (Fsp3) is 0.438. The van der Waals surface area contributed by atoms with Crippen LogP contribution >= 0.6 is 11.3 Å². The Morgan fingerprint density at radius 2 is 2.14 bits per heavy atom. The first-order valence-corrected chi connectivity index (χ1v) is 8.01. The Morgan fingerprint density at radius 3 is 2.62 bits per heavy atom. The monoisotopic (exact) mass is 305 g/mol. The van der Waals surface area contributed by atoms with Crippen molar-refractivity contribution in [3.05, 3.63) is 46.3 Å². The number of rotatable bonds is 7. The van der Waals surface area contributed by atoms with E-state index in [1.54, 1.807) is 18.4 Å². The van der Waals surface area contributed by atoms with E-state index in [1.165, 1.54) is 4.88 Å². The van der Waals surface area contributed by atoms with Crippen LogP contribution in [0.25, 0.3) is 0 Å². The van der Waals surface area contributed by atoms with E-state index >= 15 is 0 Å². The van der Waals surface area contributed by atoms with Crippen LogP contribution in [-0.4, -0.2) is 29.6 Å². The van der Waals surface area contributed by atoms with E-state index in [0.29, 0.717) is 18.5 Å². The van der Waals surface area contributed by atoms with Gasteiger partial charge in [-0.1, -0.05) is 12.1 Å². The Morgan fingerprint density at radius 1 is 1.33 bits per heavy atom. The summed E-state index contributed by atoms with van der Waals surface area (Å²) in [6.45, 7) is 5.88. The molecule has 0 radical (unpaired) electrons. The average Bonchev–Trinajstić information content (AvgIpc) is 3.00. The molecule has 2 rings (SSSR count). The highest BCUT2D eigenvalue weighted by atomic mass is 32.1. The number of hydrogen-bond acceptors (Lipinski definition) is 5. The quantitative estimate of drug-likeness (QED) is 0.854. The number of pyridine rings is 1. The van der Waals surface area contributed by atoms with Crippen LogP contribution in [0.1, 0.15) is 30.3 Å². The van der Waals surface area contributed by atoms with Gasteiger partial charge in [0.1, 0.15) is 0 Å². The second-order valence-corrected chi connectivity index (χ2v) is 6.26. The van der Waals surface area contributed by atoms with E-state index in [-0.39, 0.29) is 6.04 Å². The zero-order valence-electron chi connectivity index (χ0n) is 12.8. The minimum Gasteiger partial charge on any atom is -0.481 e. The van der Waals surface area contributed by atoms with Gasteiger partial charge in [0, 0.05) is 42.3 Å². The molecule has 4 nitrogen and oxygen atoms in total. The molecule has 0 amide bonds. The summed E-state index contributed by atoms with van der Waals surface area (Å²) < 4.78 is 5.12.